The lowest BCUT2D eigenvalue weighted by atomic mass is 9.93. The third kappa shape index (κ3) is 3.67. The summed E-state index contributed by atoms with van der Waals surface area (Å²) in [4.78, 5) is 18.1. The van der Waals surface area contributed by atoms with Crippen molar-refractivity contribution < 1.29 is 9.90 Å². The van der Waals surface area contributed by atoms with Crippen molar-refractivity contribution in [2.45, 2.75) is 39.3 Å². The average Bonchev–Trinajstić information content (AvgIpc) is 3.17. The van der Waals surface area contributed by atoms with E-state index in [4.69, 9.17) is 0 Å². The van der Waals surface area contributed by atoms with Crippen molar-refractivity contribution >= 4 is 5.97 Å². The van der Waals surface area contributed by atoms with Gasteiger partial charge in [-0.15, -0.1) is 0 Å². The van der Waals surface area contributed by atoms with E-state index >= 15 is 0 Å². The fraction of sp³-hybridized carbons (Fsp3) is 0.474. The molecule has 0 spiro atoms. The van der Waals surface area contributed by atoms with Crippen LogP contribution in [0, 0.1) is 5.92 Å². The number of imidazole rings is 1. The highest BCUT2D eigenvalue weighted by molar-refractivity contribution is 5.89. The minimum atomic E-state index is -0.834. The first kappa shape index (κ1) is 16.7. The third-order valence-electron chi connectivity index (χ3n) is 4.65. The molecule has 0 unspecified atom stereocenters. The van der Waals surface area contributed by atoms with Crippen molar-refractivity contribution in [1.29, 1.82) is 0 Å². The van der Waals surface area contributed by atoms with Gasteiger partial charge in [0.15, 0.2) is 0 Å². The molecule has 5 nitrogen and oxygen atoms in total. The third-order valence-corrected chi connectivity index (χ3v) is 4.65. The monoisotopic (exact) mass is 327 g/mol. The van der Waals surface area contributed by atoms with E-state index in [2.05, 4.69) is 28.3 Å². The largest absolute Gasteiger partial charge is 0.478 e. The van der Waals surface area contributed by atoms with Crippen LogP contribution in [0.4, 0.5) is 0 Å². The SMILES string of the molecule is CC(C)Cn1cncc1CN1CC[C@@H](c2ccccc2C(=O)O)C1. The fourth-order valence-corrected chi connectivity index (χ4v) is 3.54. The van der Waals surface area contributed by atoms with E-state index < -0.39 is 5.97 Å². The Morgan fingerprint density at radius 3 is 2.92 bits per heavy atom. The zero-order chi connectivity index (χ0) is 17.1. The topological polar surface area (TPSA) is 58.4 Å². The van der Waals surface area contributed by atoms with Crippen LogP contribution in [0.25, 0.3) is 0 Å². The zero-order valence-electron chi connectivity index (χ0n) is 14.4. The molecule has 1 atom stereocenters. The van der Waals surface area contributed by atoms with Crippen LogP contribution in [-0.2, 0) is 13.1 Å². The van der Waals surface area contributed by atoms with Gasteiger partial charge in [0.1, 0.15) is 0 Å². The van der Waals surface area contributed by atoms with E-state index in [1.807, 2.05) is 24.7 Å². The predicted octanol–water partition coefficient (Wildman–Crippen LogP) is 3.23. The molecule has 2 aromatic rings. The number of benzene rings is 1. The smallest absolute Gasteiger partial charge is 0.335 e. The maximum absolute atomic E-state index is 11.4. The Balaban J connectivity index is 1.68. The number of nitrogens with zero attached hydrogens (tertiary/aromatic N) is 3. The molecule has 1 aliphatic heterocycles. The first-order valence-corrected chi connectivity index (χ1v) is 8.58. The molecule has 0 radical (unpaired) electrons. The van der Waals surface area contributed by atoms with Crippen LogP contribution in [0.3, 0.4) is 0 Å². The summed E-state index contributed by atoms with van der Waals surface area (Å²) in [6.07, 6.45) is 4.85. The number of aromatic carboxylic acids is 1. The molecule has 1 fully saturated rings. The Hall–Kier alpha value is -2.14. The first-order chi connectivity index (χ1) is 11.5. The van der Waals surface area contributed by atoms with Gasteiger partial charge in [-0.1, -0.05) is 32.0 Å². The number of carbonyl (C=O) groups is 1. The van der Waals surface area contributed by atoms with E-state index in [1.165, 1.54) is 5.69 Å². The Kier molecular flexibility index (Phi) is 5.00. The van der Waals surface area contributed by atoms with E-state index in [9.17, 15) is 9.90 Å². The highest BCUT2D eigenvalue weighted by atomic mass is 16.4. The van der Waals surface area contributed by atoms with Crippen LogP contribution in [0.15, 0.2) is 36.8 Å². The summed E-state index contributed by atoms with van der Waals surface area (Å²) in [5, 5.41) is 9.39. The highest BCUT2D eigenvalue weighted by Crippen LogP contribution is 2.30. The molecule has 0 aliphatic carbocycles. The number of carboxylic acid groups (broad SMARTS) is 1. The molecule has 1 aromatic heterocycles. The number of likely N-dealkylation sites (tertiary alicyclic amines) is 1. The minimum absolute atomic E-state index is 0.291. The normalized spacial score (nSPS) is 18.4. The van der Waals surface area contributed by atoms with Gasteiger partial charge in [-0.25, -0.2) is 9.78 Å². The molecule has 2 heterocycles. The van der Waals surface area contributed by atoms with Crippen molar-refractivity contribution in [3.05, 3.63) is 53.6 Å². The lowest BCUT2D eigenvalue weighted by molar-refractivity contribution is 0.0695. The lowest BCUT2D eigenvalue weighted by Gasteiger charge is -2.18. The number of carboxylic acids is 1. The molecular formula is C19H25N3O2. The van der Waals surface area contributed by atoms with Gasteiger partial charge in [0.25, 0.3) is 0 Å². The van der Waals surface area contributed by atoms with Gasteiger partial charge < -0.3 is 9.67 Å². The molecule has 0 bridgehead atoms. The van der Waals surface area contributed by atoms with Gasteiger partial charge in [-0.05, 0) is 36.4 Å². The van der Waals surface area contributed by atoms with Crippen LogP contribution in [0.5, 0.6) is 0 Å². The van der Waals surface area contributed by atoms with Gasteiger partial charge >= 0.3 is 5.97 Å². The Labute approximate surface area is 142 Å². The second-order valence-corrected chi connectivity index (χ2v) is 7.04. The summed E-state index contributed by atoms with van der Waals surface area (Å²) in [5.41, 5.74) is 2.63. The Morgan fingerprint density at radius 1 is 1.38 bits per heavy atom. The van der Waals surface area contributed by atoms with Crippen LogP contribution in [-0.4, -0.2) is 38.6 Å². The van der Waals surface area contributed by atoms with Gasteiger partial charge in [0.2, 0.25) is 0 Å². The Morgan fingerprint density at radius 2 is 2.17 bits per heavy atom. The standard InChI is InChI=1S/C19H25N3O2/c1-14(2)10-22-13-20-9-16(22)12-21-8-7-15(11-21)17-5-3-4-6-18(17)19(23)24/h3-6,9,13-15H,7-8,10-12H2,1-2H3,(H,23,24)/t15-/m1/s1. The summed E-state index contributed by atoms with van der Waals surface area (Å²) in [6.45, 7) is 8.16. The summed E-state index contributed by atoms with van der Waals surface area (Å²) in [6, 6.07) is 7.39. The summed E-state index contributed by atoms with van der Waals surface area (Å²) in [5.74, 6) is 0.0459. The van der Waals surface area contributed by atoms with Crippen LogP contribution in [0.1, 0.15) is 47.8 Å². The van der Waals surface area contributed by atoms with E-state index in [1.54, 1.807) is 12.1 Å². The summed E-state index contributed by atoms with van der Waals surface area (Å²) >= 11 is 0. The van der Waals surface area contributed by atoms with E-state index in [0.717, 1.165) is 38.2 Å². The van der Waals surface area contributed by atoms with Crippen LogP contribution in [0.2, 0.25) is 0 Å². The first-order valence-electron chi connectivity index (χ1n) is 8.58. The minimum Gasteiger partial charge on any atom is -0.478 e. The molecule has 1 aromatic carbocycles. The summed E-state index contributed by atoms with van der Waals surface area (Å²) < 4.78 is 2.23. The van der Waals surface area contributed by atoms with Crippen molar-refractivity contribution in [3.8, 4) is 0 Å². The lowest BCUT2D eigenvalue weighted by Crippen LogP contribution is -2.22. The fourth-order valence-electron chi connectivity index (χ4n) is 3.54. The number of hydrogen-bond acceptors (Lipinski definition) is 3. The molecule has 1 N–H and O–H groups in total. The molecule has 3 rings (SSSR count). The molecule has 1 saturated heterocycles. The predicted molar refractivity (Wildman–Crippen MR) is 93.1 cm³/mol. The Bertz CT molecular complexity index is 708. The van der Waals surface area contributed by atoms with Crippen LogP contribution >= 0.6 is 0 Å². The van der Waals surface area contributed by atoms with Gasteiger partial charge in [0.05, 0.1) is 17.6 Å². The molecular weight excluding hydrogens is 302 g/mol. The highest BCUT2D eigenvalue weighted by Gasteiger charge is 2.27. The van der Waals surface area contributed by atoms with Crippen molar-refractivity contribution in [2.24, 2.45) is 5.92 Å². The number of rotatable bonds is 6. The molecule has 0 amide bonds. The molecule has 5 heteroatoms. The zero-order valence-corrected chi connectivity index (χ0v) is 14.4. The van der Waals surface area contributed by atoms with Gasteiger partial charge in [-0.2, -0.15) is 0 Å². The quantitative estimate of drug-likeness (QED) is 0.885. The summed E-state index contributed by atoms with van der Waals surface area (Å²) in [7, 11) is 0. The molecule has 1 aliphatic rings. The van der Waals surface area contributed by atoms with Crippen LogP contribution < -0.4 is 0 Å². The maximum Gasteiger partial charge on any atom is 0.335 e. The van der Waals surface area contributed by atoms with E-state index in [0.29, 0.717) is 17.4 Å². The average molecular weight is 327 g/mol. The number of hydrogen-bond donors (Lipinski definition) is 1. The van der Waals surface area contributed by atoms with Crippen molar-refractivity contribution in [1.82, 2.24) is 14.5 Å². The molecule has 128 valence electrons. The second-order valence-electron chi connectivity index (χ2n) is 7.04. The second kappa shape index (κ2) is 7.18. The molecule has 0 saturated carbocycles. The van der Waals surface area contributed by atoms with Gasteiger partial charge in [-0.3, -0.25) is 4.90 Å². The maximum atomic E-state index is 11.4. The van der Waals surface area contributed by atoms with E-state index in [-0.39, 0.29) is 0 Å². The van der Waals surface area contributed by atoms with Gasteiger partial charge in [0, 0.05) is 25.8 Å². The number of aromatic nitrogens is 2. The van der Waals surface area contributed by atoms with Crippen molar-refractivity contribution in [2.75, 3.05) is 13.1 Å². The molecule has 24 heavy (non-hydrogen) atoms. The van der Waals surface area contributed by atoms with Crippen molar-refractivity contribution in [3.63, 3.8) is 0 Å².